The number of hydrogen-bond donors (Lipinski definition) is 1. The minimum Gasteiger partial charge on any atom is -0.447 e. The molecule has 0 radical (unpaired) electrons. The molecule has 0 fully saturated rings. The van der Waals surface area contributed by atoms with Crippen molar-refractivity contribution in [3.63, 3.8) is 0 Å². The van der Waals surface area contributed by atoms with E-state index in [9.17, 15) is 0 Å². The van der Waals surface area contributed by atoms with Gasteiger partial charge in [-0.15, -0.1) is 0 Å². The highest BCUT2D eigenvalue weighted by molar-refractivity contribution is 5.38. The number of ether oxygens (including phenoxy) is 1. The van der Waals surface area contributed by atoms with Gasteiger partial charge in [-0.25, -0.2) is 4.98 Å². The summed E-state index contributed by atoms with van der Waals surface area (Å²) in [5, 5.41) is 7.37. The fraction of sp³-hybridized carbons (Fsp3) is 0.400. The maximum absolute atomic E-state index is 5.11. The third-order valence-electron chi connectivity index (χ3n) is 2.11. The summed E-state index contributed by atoms with van der Waals surface area (Å²) in [5.74, 6) is 0.796. The molecule has 0 atom stereocenters. The van der Waals surface area contributed by atoms with Crippen molar-refractivity contribution < 1.29 is 9.15 Å². The SMILES string of the molecule is COCCn1cc(NCc2cnco2)cn1. The van der Waals surface area contributed by atoms with Gasteiger partial charge in [0.15, 0.2) is 6.39 Å². The van der Waals surface area contributed by atoms with E-state index in [1.54, 1.807) is 19.5 Å². The van der Waals surface area contributed by atoms with Gasteiger partial charge in [-0.05, 0) is 0 Å². The number of methoxy groups -OCH3 is 1. The number of aromatic nitrogens is 3. The standard InChI is InChI=1S/C10H14N4O2/c1-15-3-2-14-7-9(4-13-14)12-6-10-5-11-8-16-10/h4-5,7-8,12H,2-3,6H2,1H3. The van der Waals surface area contributed by atoms with Crippen molar-refractivity contribution in [1.29, 1.82) is 0 Å². The molecule has 1 N–H and O–H groups in total. The summed E-state index contributed by atoms with van der Waals surface area (Å²) >= 11 is 0. The fourth-order valence-electron chi connectivity index (χ4n) is 1.28. The second kappa shape index (κ2) is 5.32. The van der Waals surface area contributed by atoms with E-state index >= 15 is 0 Å². The smallest absolute Gasteiger partial charge is 0.180 e. The van der Waals surface area contributed by atoms with Crippen LogP contribution in [0.5, 0.6) is 0 Å². The summed E-state index contributed by atoms with van der Waals surface area (Å²) in [6, 6.07) is 0. The third-order valence-corrected chi connectivity index (χ3v) is 2.11. The lowest BCUT2D eigenvalue weighted by Gasteiger charge is -2.00. The molecule has 0 saturated heterocycles. The highest BCUT2D eigenvalue weighted by Gasteiger charge is 1.99. The van der Waals surface area contributed by atoms with Gasteiger partial charge in [0.25, 0.3) is 0 Å². The fourth-order valence-corrected chi connectivity index (χ4v) is 1.28. The molecule has 0 bridgehead atoms. The Morgan fingerprint density at radius 2 is 2.44 bits per heavy atom. The Labute approximate surface area is 93.2 Å². The van der Waals surface area contributed by atoms with Crippen molar-refractivity contribution in [2.75, 3.05) is 19.0 Å². The monoisotopic (exact) mass is 222 g/mol. The lowest BCUT2D eigenvalue weighted by Crippen LogP contribution is -2.04. The molecule has 6 nitrogen and oxygen atoms in total. The van der Waals surface area contributed by atoms with Gasteiger partial charge in [0.05, 0.1) is 37.8 Å². The molecule has 0 unspecified atom stereocenters. The molecule has 6 heteroatoms. The Morgan fingerprint density at radius 1 is 1.50 bits per heavy atom. The minimum atomic E-state index is 0.607. The van der Waals surface area contributed by atoms with E-state index in [1.807, 2.05) is 10.9 Å². The van der Waals surface area contributed by atoms with E-state index in [4.69, 9.17) is 9.15 Å². The van der Waals surface area contributed by atoms with Crippen molar-refractivity contribution >= 4 is 5.69 Å². The zero-order chi connectivity index (χ0) is 11.2. The second-order valence-electron chi connectivity index (χ2n) is 3.31. The van der Waals surface area contributed by atoms with Crippen LogP contribution < -0.4 is 5.32 Å². The van der Waals surface area contributed by atoms with Gasteiger partial charge in [0.2, 0.25) is 0 Å². The van der Waals surface area contributed by atoms with Crippen LogP contribution in [0, 0.1) is 0 Å². The van der Waals surface area contributed by atoms with Gasteiger partial charge >= 0.3 is 0 Å². The van der Waals surface area contributed by atoms with E-state index in [0.29, 0.717) is 13.2 Å². The Morgan fingerprint density at radius 3 is 3.19 bits per heavy atom. The van der Waals surface area contributed by atoms with E-state index < -0.39 is 0 Å². The Bertz CT molecular complexity index is 410. The Kier molecular flexibility index (Phi) is 3.55. The summed E-state index contributed by atoms with van der Waals surface area (Å²) < 4.78 is 11.9. The summed E-state index contributed by atoms with van der Waals surface area (Å²) in [4.78, 5) is 3.84. The van der Waals surface area contributed by atoms with Gasteiger partial charge < -0.3 is 14.5 Å². The van der Waals surface area contributed by atoms with Crippen LogP contribution in [-0.2, 0) is 17.8 Å². The summed E-state index contributed by atoms with van der Waals surface area (Å²) in [5.41, 5.74) is 0.951. The third kappa shape index (κ3) is 2.83. The van der Waals surface area contributed by atoms with Gasteiger partial charge in [-0.1, -0.05) is 0 Å². The quantitative estimate of drug-likeness (QED) is 0.793. The van der Waals surface area contributed by atoms with Crippen LogP contribution in [0.4, 0.5) is 5.69 Å². The maximum atomic E-state index is 5.11. The Hall–Kier alpha value is -1.82. The van der Waals surface area contributed by atoms with Crippen LogP contribution in [0.1, 0.15) is 5.76 Å². The number of rotatable bonds is 6. The molecule has 2 aromatic heterocycles. The first-order valence-electron chi connectivity index (χ1n) is 5.01. The number of nitrogens with one attached hydrogen (secondary N) is 1. The maximum Gasteiger partial charge on any atom is 0.180 e. The van der Waals surface area contributed by atoms with Gasteiger partial charge in [0.1, 0.15) is 5.76 Å². The molecular weight excluding hydrogens is 208 g/mol. The predicted molar refractivity (Wildman–Crippen MR) is 57.9 cm³/mol. The normalized spacial score (nSPS) is 10.6. The molecule has 0 amide bonds. The van der Waals surface area contributed by atoms with Crippen molar-refractivity contribution in [3.05, 3.63) is 30.7 Å². The van der Waals surface area contributed by atoms with E-state index in [-0.39, 0.29) is 0 Å². The number of nitrogens with zero attached hydrogens (tertiary/aromatic N) is 3. The molecule has 0 spiro atoms. The molecule has 2 rings (SSSR count). The first kappa shape index (κ1) is 10.7. The van der Waals surface area contributed by atoms with Crippen molar-refractivity contribution in [1.82, 2.24) is 14.8 Å². The number of hydrogen-bond acceptors (Lipinski definition) is 5. The van der Waals surface area contributed by atoms with Crippen LogP contribution in [-0.4, -0.2) is 28.5 Å². The summed E-state index contributed by atoms with van der Waals surface area (Å²) in [6.07, 6.45) is 6.79. The molecule has 2 heterocycles. The highest BCUT2D eigenvalue weighted by Crippen LogP contribution is 2.07. The zero-order valence-electron chi connectivity index (χ0n) is 9.09. The van der Waals surface area contributed by atoms with E-state index in [2.05, 4.69) is 15.4 Å². The number of oxazole rings is 1. The van der Waals surface area contributed by atoms with Crippen molar-refractivity contribution in [3.8, 4) is 0 Å². The van der Waals surface area contributed by atoms with E-state index in [0.717, 1.165) is 18.0 Å². The van der Waals surface area contributed by atoms with Gasteiger partial charge in [-0.3, -0.25) is 4.68 Å². The van der Waals surface area contributed by atoms with Crippen molar-refractivity contribution in [2.45, 2.75) is 13.1 Å². The van der Waals surface area contributed by atoms with Crippen LogP contribution in [0.25, 0.3) is 0 Å². The largest absolute Gasteiger partial charge is 0.447 e. The van der Waals surface area contributed by atoms with E-state index in [1.165, 1.54) is 6.39 Å². The summed E-state index contributed by atoms with van der Waals surface area (Å²) in [6.45, 7) is 2.01. The first-order valence-corrected chi connectivity index (χ1v) is 5.01. The zero-order valence-corrected chi connectivity index (χ0v) is 9.09. The van der Waals surface area contributed by atoms with Crippen LogP contribution in [0.3, 0.4) is 0 Å². The van der Waals surface area contributed by atoms with Crippen molar-refractivity contribution in [2.24, 2.45) is 0 Å². The molecule has 0 saturated carbocycles. The summed E-state index contributed by atoms with van der Waals surface area (Å²) in [7, 11) is 1.67. The average Bonchev–Trinajstić information content (AvgIpc) is 2.95. The molecule has 86 valence electrons. The lowest BCUT2D eigenvalue weighted by molar-refractivity contribution is 0.183. The molecule has 0 aliphatic heterocycles. The second-order valence-corrected chi connectivity index (χ2v) is 3.31. The van der Waals surface area contributed by atoms with Crippen LogP contribution in [0.2, 0.25) is 0 Å². The average molecular weight is 222 g/mol. The predicted octanol–water partition coefficient (Wildman–Crippen LogP) is 1.13. The molecule has 0 aliphatic rings. The van der Waals surface area contributed by atoms with Gasteiger partial charge in [0, 0.05) is 13.3 Å². The molecule has 16 heavy (non-hydrogen) atoms. The number of anilines is 1. The molecular formula is C10H14N4O2. The highest BCUT2D eigenvalue weighted by atomic mass is 16.5. The molecule has 0 aliphatic carbocycles. The minimum absolute atomic E-state index is 0.607. The first-order chi connectivity index (χ1) is 7.88. The molecule has 0 aromatic carbocycles. The van der Waals surface area contributed by atoms with Gasteiger partial charge in [-0.2, -0.15) is 5.10 Å². The Balaban J connectivity index is 1.83. The topological polar surface area (TPSA) is 65.1 Å². The molecule has 2 aromatic rings. The van der Waals surface area contributed by atoms with Crippen LogP contribution in [0.15, 0.2) is 29.4 Å². The lowest BCUT2D eigenvalue weighted by atomic mass is 10.4. The van der Waals surface area contributed by atoms with Crippen LogP contribution >= 0.6 is 0 Å².